The van der Waals surface area contributed by atoms with Crippen LogP contribution in [-0.2, 0) is 0 Å². The van der Waals surface area contributed by atoms with Gasteiger partial charge in [-0.1, -0.05) is 32.0 Å². The third kappa shape index (κ3) is 2.69. The molecule has 1 atom stereocenters. The highest BCUT2D eigenvalue weighted by Crippen LogP contribution is 2.39. The lowest BCUT2D eigenvalue weighted by molar-refractivity contribution is 0.134. The van der Waals surface area contributed by atoms with Gasteiger partial charge in [-0.2, -0.15) is 0 Å². The molecule has 2 rings (SSSR count). The molecular formula is C16H25NO. The van der Waals surface area contributed by atoms with Crippen molar-refractivity contribution < 1.29 is 5.11 Å². The van der Waals surface area contributed by atoms with Gasteiger partial charge in [-0.15, -0.1) is 0 Å². The Morgan fingerprint density at radius 1 is 1.33 bits per heavy atom. The molecule has 0 bridgehead atoms. The van der Waals surface area contributed by atoms with Gasteiger partial charge in [0.1, 0.15) is 0 Å². The second-order valence-corrected chi connectivity index (χ2v) is 6.19. The number of para-hydroxylation sites is 1. The molecule has 1 aliphatic heterocycles. The zero-order chi connectivity index (χ0) is 13.2. The Labute approximate surface area is 111 Å². The fraction of sp³-hybridized carbons (Fsp3) is 0.625. The van der Waals surface area contributed by atoms with E-state index in [2.05, 4.69) is 49.9 Å². The van der Waals surface area contributed by atoms with E-state index in [9.17, 15) is 0 Å². The normalized spacial score (nSPS) is 23.1. The van der Waals surface area contributed by atoms with E-state index < -0.39 is 0 Å². The molecule has 0 spiro atoms. The molecule has 1 N–H and O–H groups in total. The Morgan fingerprint density at radius 2 is 2.06 bits per heavy atom. The SMILES string of the molecule is Cc1ccccc1N1CCC(CCO)C(C)(C)C1. The van der Waals surface area contributed by atoms with Gasteiger partial charge in [0, 0.05) is 25.4 Å². The highest BCUT2D eigenvalue weighted by Gasteiger charge is 2.35. The standard InChI is InChI=1S/C16H25NO/c1-13-6-4-5-7-15(13)17-10-8-14(9-11-18)16(2,3)12-17/h4-7,14,18H,8-12H2,1-3H3. The number of aliphatic hydroxyl groups is 1. The highest BCUT2D eigenvalue weighted by atomic mass is 16.3. The van der Waals surface area contributed by atoms with Gasteiger partial charge in [0.15, 0.2) is 0 Å². The fourth-order valence-corrected chi connectivity index (χ4v) is 3.22. The second-order valence-electron chi connectivity index (χ2n) is 6.19. The molecule has 1 unspecified atom stereocenters. The summed E-state index contributed by atoms with van der Waals surface area (Å²) in [6.07, 6.45) is 2.12. The summed E-state index contributed by atoms with van der Waals surface area (Å²) in [6.45, 7) is 9.36. The predicted octanol–water partition coefficient (Wildman–Crippen LogP) is 3.23. The number of aryl methyl sites for hydroxylation is 1. The van der Waals surface area contributed by atoms with E-state index in [4.69, 9.17) is 5.11 Å². The summed E-state index contributed by atoms with van der Waals surface area (Å²) in [5.41, 5.74) is 3.01. The first-order chi connectivity index (χ1) is 8.54. The number of benzene rings is 1. The maximum absolute atomic E-state index is 9.16. The Bertz CT molecular complexity index is 400. The smallest absolute Gasteiger partial charge is 0.0433 e. The highest BCUT2D eigenvalue weighted by molar-refractivity contribution is 5.53. The molecule has 0 radical (unpaired) electrons. The minimum absolute atomic E-state index is 0.281. The van der Waals surface area contributed by atoms with Crippen molar-refractivity contribution in [2.45, 2.75) is 33.6 Å². The molecule has 0 aromatic heterocycles. The summed E-state index contributed by atoms with van der Waals surface area (Å²) in [6, 6.07) is 8.62. The zero-order valence-electron chi connectivity index (χ0n) is 11.8. The molecule has 1 aromatic rings. The number of hydrogen-bond donors (Lipinski definition) is 1. The first kappa shape index (κ1) is 13.4. The van der Waals surface area contributed by atoms with Crippen LogP contribution in [0.4, 0.5) is 5.69 Å². The van der Waals surface area contributed by atoms with Crippen molar-refractivity contribution in [3.05, 3.63) is 29.8 Å². The molecule has 1 fully saturated rings. The van der Waals surface area contributed by atoms with Crippen LogP contribution in [0.1, 0.15) is 32.3 Å². The maximum Gasteiger partial charge on any atom is 0.0433 e. The summed E-state index contributed by atoms with van der Waals surface area (Å²) in [4.78, 5) is 2.50. The molecule has 1 aromatic carbocycles. The Morgan fingerprint density at radius 3 is 2.67 bits per heavy atom. The summed E-state index contributed by atoms with van der Waals surface area (Å²) in [5.74, 6) is 0.641. The van der Waals surface area contributed by atoms with E-state index in [0.717, 1.165) is 19.5 Å². The van der Waals surface area contributed by atoms with Gasteiger partial charge in [0.05, 0.1) is 0 Å². The van der Waals surface area contributed by atoms with Crippen LogP contribution in [0.2, 0.25) is 0 Å². The average Bonchev–Trinajstić information content (AvgIpc) is 2.32. The lowest BCUT2D eigenvalue weighted by Crippen LogP contribution is -2.46. The van der Waals surface area contributed by atoms with Crippen molar-refractivity contribution in [1.82, 2.24) is 0 Å². The quantitative estimate of drug-likeness (QED) is 0.886. The van der Waals surface area contributed by atoms with E-state index in [0.29, 0.717) is 12.5 Å². The molecule has 1 saturated heterocycles. The van der Waals surface area contributed by atoms with Gasteiger partial charge in [0.2, 0.25) is 0 Å². The third-order valence-corrected chi connectivity index (χ3v) is 4.38. The van der Waals surface area contributed by atoms with E-state index in [1.807, 2.05) is 0 Å². The molecule has 1 heterocycles. The van der Waals surface area contributed by atoms with Crippen molar-refractivity contribution in [1.29, 1.82) is 0 Å². The van der Waals surface area contributed by atoms with Crippen LogP contribution in [0.3, 0.4) is 0 Å². The molecule has 0 amide bonds. The molecule has 1 aliphatic rings. The minimum atomic E-state index is 0.281. The van der Waals surface area contributed by atoms with Gasteiger partial charge in [-0.05, 0) is 42.7 Å². The van der Waals surface area contributed by atoms with Crippen LogP contribution < -0.4 is 4.90 Å². The molecule has 0 saturated carbocycles. The number of anilines is 1. The summed E-state index contributed by atoms with van der Waals surface area (Å²) < 4.78 is 0. The number of nitrogens with zero attached hydrogens (tertiary/aromatic N) is 1. The van der Waals surface area contributed by atoms with Gasteiger partial charge in [-0.25, -0.2) is 0 Å². The summed E-state index contributed by atoms with van der Waals surface area (Å²) in [5, 5.41) is 9.16. The van der Waals surface area contributed by atoms with Crippen LogP contribution in [-0.4, -0.2) is 24.8 Å². The fourth-order valence-electron chi connectivity index (χ4n) is 3.22. The molecular weight excluding hydrogens is 222 g/mol. The van der Waals surface area contributed by atoms with E-state index in [1.54, 1.807) is 0 Å². The first-order valence-corrected chi connectivity index (χ1v) is 6.96. The Hall–Kier alpha value is -1.02. The number of rotatable bonds is 3. The maximum atomic E-state index is 9.16. The van der Waals surface area contributed by atoms with Crippen molar-refractivity contribution in [3.63, 3.8) is 0 Å². The number of piperidine rings is 1. The van der Waals surface area contributed by atoms with E-state index in [1.165, 1.54) is 17.7 Å². The summed E-state index contributed by atoms with van der Waals surface area (Å²) in [7, 11) is 0. The predicted molar refractivity (Wildman–Crippen MR) is 77.0 cm³/mol. The van der Waals surface area contributed by atoms with Crippen molar-refractivity contribution in [3.8, 4) is 0 Å². The minimum Gasteiger partial charge on any atom is -0.396 e. The number of aliphatic hydroxyl groups excluding tert-OH is 1. The van der Waals surface area contributed by atoms with Crippen LogP contribution >= 0.6 is 0 Å². The molecule has 18 heavy (non-hydrogen) atoms. The van der Waals surface area contributed by atoms with Gasteiger partial charge in [-0.3, -0.25) is 0 Å². The molecule has 100 valence electrons. The first-order valence-electron chi connectivity index (χ1n) is 6.96. The number of hydrogen-bond acceptors (Lipinski definition) is 2. The molecule has 2 heteroatoms. The largest absolute Gasteiger partial charge is 0.396 e. The monoisotopic (exact) mass is 247 g/mol. The van der Waals surface area contributed by atoms with Crippen molar-refractivity contribution in [2.24, 2.45) is 11.3 Å². The molecule has 0 aliphatic carbocycles. The zero-order valence-corrected chi connectivity index (χ0v) is 11.8. The van der Waals surface area contributed by atoms with E-state index >= 15 is 0 Å². The van der Waals surface area contributed by atoms with Gasteiger partial charge < -0.3 is 10.0 Å². The molecule has 2 nitrogen and oxygen atoms in total. The topological polar surface area (TPSA) is 23.5 Å². The van der Waals surface area contributed by atoms with Gasteiger partial charge >= 0.3 is 0 Å². The van der Waals surface area contributed by atoms with Crippen LogP contribution in [0.15, 0.2) is 24.3 Å². The van der Waals surface area contributed by atoms with Crippen molar-refractivity contribution >= 4 is 5.69 Å². The van der Waals surface area contributed by atoms with Crippen LogP contribution in [0.25, 0.3) is 0 Å². The Kier molecular flexibility index (Phi) is 3.96. The second kappa shape index (κ2) is 5.31. The lowest BCUT2D eigenvalue weighted by atomic mass is 9.72. The average molecular weight is 247 g/mol. The van der Waals surface area contributed by atoms with Crippen LogP contribution in [0, 0.1) is 18.3 Å². The third-order valence-electron chi connectivity index (χ3n) is 4.38. The summed E-state index contributed by atoms with van der Waals surface area (Å²) >= 11 is 0. The Balaban J connectivity index is 2.14. The van der Waals surface area contributed by atoms with Gasteiger partial charge in [0.25, 0.3) is 0 Å². The lowest BCUT2D eigenvalue weighted by Gasteiger charge is -2.45. The van der Waals surface area contributed by atoms with Crippen molar-refractivity contribution in [2.75, 3.05) is 24.6 Å². The van der Waals surface area contributed by atoms with E-state index in [-0.39, 0.29) is 5.41 Å². The van der Waals surface area contributed by atoms with Crippen LogP contribution in [0.5, 0.6) is 0 Å².